The van der Waals surface area contributed by atoms with E-state index in [1.807, 2.05) is 6.92 Å². The number of allylic oxidation sites excluding steroid dienone is 1. The molecule has 0 aromatic carbocycles. The van der Waals surface area contributed by atoms with Gasteiger partial charge in [0.15, 0.2) is 0 Å². The lowest BCUT2D eigenvalue weighted by Gasteiger charge is -2.44. The van der Waals surface area contributed by atoms with Gasteiger partial charge in [-0.25, -0.2) is 4.79 Å². The highest BCUT2D eigenvalue weighted by atomic mass is 16.4. The molecule has 2 fully saturated rings. The quantitative estimate of drug-likeness (QED) is 0.663. The minimum Gasteiger partial charge on any atom is -0.477 e. The van der Waals surface area contributed by atoms with Crippen LogP contribution in [0, 0.1) is 5.92 Å². The summed E-state index contributed by atoms with van der Waals surface area (Å²) >= 11 is 0. The van der Waals surface area contributed by atoms with Gasteiger partial charge in [-0.05, 0) is 50.8 Å². The molecule has 6 heteroatoms. The van der Waals surface area contributed by atoms with Crippen molar-refractivity contribution in [2.75, 3.05) is 6.54 Å². The van der Waals surface area contributed by atoms with Gasteiger partial charge in [-0.2, -0.15) is 0 Å². The molecular formula is C16H22N2O4. The SMILES string of the molecule is C/C(=C/[C@@H]1CCCN1)C1=C(C(=O)O)N2C(=O)[C@H]([C@@H](C)O)[C@H]2C1. The number of fused-ring (bicyclic) bond motifs is 1. The number of nitrogens with one attached hydrogen (secondary N) is 1. The second-order valence-electron chi connectivity index (χ2n) is 6.43. The third-order valence-electron chi connectivity index (χ3n) is 4.96. The second kappa shape index (κ2) is 5.52. The maximum absolute atomic E-state index is 12.1. The Balaban J connectivity index is 1.89. The van der Waals surface area contributed by atoms with Crippen LogP contribution >= 0.6 is 0 Å². The van der Waals surface area contributed by atoms with E-state index in [0.717, 1.165) is 30.5 Å². The summed E-state index contributed by atoms with van der Waals surface area (Å²) in [5.74, 6) is -1.83. The lowest BCUT2D eigenvalue weighted by molar-refractivity contribution is -0.161. The van der Waals surface area contributed by atoms with E-state index in [1.54, 1.807) is 6.92 Å². The fourth-order valence-electron chi connectivity index (χ4n) is 3.88. The molecule has 0 aliphatic carbocycles. The standard InChI is InChI=1S/C16H22N2O4/c1-8(6-10-4-3-5-17-10)11-7-12-13(9(2)19)15(20)18(12)14(11)16(21)22/h6,9-10,12-13,17,19H,3-5,7H2,1-2H3,(H,21,22)/b8-6-/t9-,10+,12-,13-/m1/s1. The Morgan fingerprint density at radius 3 is 2.77 bits per heavy atom. The van der Waals surface area contributed by atoms with Crippen molar-refractivity contribution in [2.45, 2.75) is 51.3 Å². The molecule has 3 heterocycles. The van der Waals surface area contributed by atoms with Gasteiger partial charge in [-0.3, -0.25) is 4.79 Å². The molecule has 0 aromatic rings. The van der Waals surface area contributed by atoms with Gasteiger partial charge in [0.25, 0.3) is 0 Å². The molecule has 22 heavy (non-hydrogen) atoms. The molecule has 3 N–H and O–H groups in total. The number of rotatable bonds is 4. The monoisotopic (exact) mass is 306 g/mol. The van der Waals surface area contributed by atoms with E-state index >= 15 is 0 Å². The van der Waals surface area contributed by atoms with Crippen molar-refractivity contribution in [1.29, 1.82) is 0 Å². The topological polar surface area (TPSA) is 89.9 Å². The molecule has 4 atom stereocenters. The number of aliphatic carboxylic acids is 1. The summed E-state index contributed by atoms with van der Waals surface area (Å²) in [4.78, 5) is 25.1. The van der Waals surface area contributed by atoms with Gasteiger partial charge < -0.3 is 20.4 Å². The van der Waals surface area contributed by atoms with Crippen LogP contribution in [0.3, 0.4) is 0 Å². The molecule has 6 nitrogen and oxygen atoms in total. The molecule has 1 amide bonds. The first-order valence-corrected chi connectivity index (χ1v) is 7.81. The van der Waals surface area contributed by atoms with Crippen LogP contribution in [0.5, 0.6) is 0 Å². The number of carboxylic acids is 1. The van der Waals surface area contributed by atoms with Gasteiger partial charge in [0, 0.05) is 6.04 Å². The van der Waals surface area contributed by atoms with E-state index in [9.17, 15) is 19.8 Å². The number of carbonyl (C=O) groups excluding carboxylic acids is 1. The van der Waals surface area contributed by atoms with Crippen molar-refractivity contribution in [2.24, 2.45) is 5.92 Å². The van der Waals surface area contributed by atoms with E-state index in [-0.39, 0.29) is 23.7 Å². The van der Waals surface area contributed by atoms with Crippen LogP contribution in [0.15, 0.2) is 22.9 Å². The summed E-state index contributed by atoms with van der Waals surface area (Å²) in [5.41, 5.74) is 1.74. The summed E-state index contributed by atoms with van der Waals surface area (Å²) < 4.78 is 0. The van der Waals surface area contributed by atoms with E-state index < -0.39 is 18.0 Å². The molecule has 3 aliphatic heterocycles. The highest BCUT2D eigenvalue weighted by Gasteiger charge is 2.56. The van der Waals surface area contributed by atoms with Gasteiger partial charge in [-0.1, -0.05) is 6.08 Å². The molecule has 0 unspecified atom stereocenters. The average molecular weight is 306 g/mol. The zero-order chi connectivity index (χ0) is 16.0. The number of aliphatic hydroxyl groups is 1. The summed E-state index contributed by atoms with van der Waals surface area (Å²) in [6, 6.07) is 0.0625. The molecule has 120 valence electrons. The lowest BCUT2D eigenvalue weighted by atomic mass is 9.82. The van der Waals surface area contributed by atoms with E-state index in [1.165, 1.54) is 4.90 Å². The maximum atomic E-state index is 12.1. The number of hydrogen-bond donors (Lipinski definition) is 3. The van der Waals surface area contributed by atoms with Gasteiger partial charge in [0.05, 0.1) is 18.1 Å². The first-order chi connectivity index (χ1) is 10.4. The number of aliphatic hydroxyl groups excluding tert-OH is 1. The fourth-order valence-corrected chi connectivity index (χ4v) is 3.88. The summed E-state index contributed by atoms with van der Waals surface area (Å²) in [7, 11) is 0. The molecule has 3 rings (SSSR count). The number of nitrogens with zero attached hydrogens (tertiary/aromatic N) is 1. The predicted octanol–water partition coefficient (Wildman–Crippen LogP) is 0.635. The highest BCUT2D eigenvalue weighted by molar-refractivity contribution is 6.00. The molecule has 0 bridgehead atoms. The number of hydrogen-bond acceptors (Lipinski definition) is 4. The van der Waals surface area contributed by atoms with Crippen LogP contribution in [-0.2, 0) is 9.59 Å². The summed E-state index contributed by atoms with van der Waals surface area (Å²) in [6.45, 7) is 4.48. The largest absolute Gasteiger partial charge is 0.477 e. The Morgan fingerprint density at radius 2 is 2.23 bits per heavy atom. The number of carboxylic acid groups (broad SMARTS) is 1. The van der Waals surface area contributed by atoms with E-state index in [4.69, 9.17) is 0 Å². The molecule has 2 saturated heterocycles. The minimum atomic E-state index is -1.07. The average Bonchev–Trinajstić information content (AvgIpc) is 3.03. The van der Waals surface area contributed by atoms with Gasteiger partial charge in [0.2, 0.25) is 5.91 Å². The number of amides is 1. The normalized spacial score (nSPS) is 33.0. The van der Waals surface area contributed by atoms with Crippen LogP contribution in [0.1, 0.15) is 33.1 Å². The Hall–Kier alpha value is -1.66. The van der Waals surface area contributed by atoms with Gasteiger partial charge in [0.1, 0.15) is 5.70 Å². The van der Waals surface area contributed by atoms with Crippen LogP contribution < -0.4 is 5.32 Å². The zero-order valence-corrected chi connectivity index (χ0v) is 12.9. The maximum Gasteiger partial charge on any atom is 0.352 e. The van der Waals surface area contributed by atoms with Gasteiger partial charge >= 0.3 is 5.97 Å². The second-order valence-corrected chi connectivity index (χ2v) is 6.43. The first-order valence-electron chi connectivity index (χ1n) is 7.81. The number of β-lactam (4-membered cyclic amide) rings is 1. The Kier molecular flexibility index (Phi) is 3.82. The minimum absolute atomic E-state index is 0.0960. The summed E-state index contributed by atoms with van der Waals surface area (Å²) in [6.07, 6.45) is 4.01. The van der Waals surface area contributed by atoms with Crippen molar-refractivity contribution in [3.63, 3.8) is 0 Å². The zero-order valence-electron chi connectivity index (χ0n) is 12.9. The lowest BCUT2D eigenvalue weighted by Crippen LogP contribution is -2.61. The number of carbonyl (C=O) groups is 2. The molecule has 0 spiro atoms. The molecule has 3 aliphatic rings. The Bertz CT molecular complexity index is 573. The Morgan fingerprint density at radius 1 is 1.50 bits per heavy atom. The van der Waals surface area contributed by atoms with Crippen molar-refractivity contribution < 1.29 is 19.8 Å². The Labute approximate surface area is 129 Å². The van der Waals surface area contributed by atoms with Crippen LogP contribution in [-0.4, -0.2) is 51.7 Å². The van der Waals surface area contributed by atoms with Crippen LogP contribution in [0.4, 0.5) is 0 Å². The van der Waals surface area contributed by atoms with E-state index in [2.05, 4.69) is 11.4 Å². The van der Waals surface area contributed by atoms with Crippen molar-refractivity contribution in [1.82, 2.24) is 10.2 Å². The predicted molar refractivity (Wildman–Crippen MR) is 79.9 cm³/mol. The molecule has 0 aromatic heterocycles. The van der Waals surface area contributed by atoms with Crippen molar-refractivity contribution in [3.8, 4) is 0 Å². The molecule has 0 saturated carbocycles. The van der Waals surface area contributed by atoms with Crippen LogP contribution in [0.25, 0.3) is 0 Å². The van der Waals surface area contributed by atoms with Crippen LogP contribution in [0.2, 0.25) is 0 Å². The first kappa shape index (κ1) is 15.2. The third kappa shape index (κ3) is 2.27. The summed E-state index contributed by atoms with van der Waals surface area (Å²) in [5, 5.41) is 22.6. The third-order valence-corrected chi connectivity index (χ3v) is 4.96. The fraction of sp³-hybridized carbons (Fsp3) is 0.625. The molecular weight excluding hydrogens is 284 g/mol. The van der Waals surface area contributed by atoms with Crippen molar-refractivity contribution >= 4 is 11.9 Å². The highest BCUT2D eigenvalue weighted by Crippen LogP contribution is 2.45. The van der Waals surface area contributed by atoms with Gasteiger partial charge in [-0.15, -0.1) is 0 Å². The van der Waals surface area contributed by atoms with Crippen molar-refractivity contribution in [3.05, 3.63) is 22.9 Å². The smallest absolute Gasteiger partial charge is 0.352 e. The molecule has 0 radical (unpaired) electrons. The van der Waals surface area contributed by atoms with E-state index in [0.29, 0.717) is 6.42 Å².